The molecule has 3 nitrogen and oxygen atoms in total. The van der Waals surface area contributed by atoms with E-state index in [1.54, 1.807) is 18.2 Å². The van der Waals surface area contributed by atoms with Gasteiger partial charge in [0.2, 0.25) is 6.79 Å². The molecule has 1 heterocycles. The molecule has 1 aromatic carbocycles. The Bertz CT molecular complexity index is 392. The highest BCUT2D eigenvalue weighted by Crippen LogP contribution is 2.32. The van der Waals surface area contributed by atoms with Crippen LogP contribution in [0.4, 0.5) is 0 Å². The normalized spacial score (nSPS) is 20.2. The van der Waals surface area contributed by atoms with E-state index < -0.39 is 12.9 Å². The molecule has 0 aliphatic carbocycles. The summed E-state index contributed by atoms with van der Waals surface area (Å²) in [6, 6.07) is 4.49. The van der Waals surface area contributed by atoms with Crippen molar-refractivity contribution in [1.82, 2.24) is 0 Å². The molecule has 0 amide bonds. The molecule has 1 aliphatic heterocycles. The lowest BCUT2D eigenvalue weighted by molar-refractivity contribution is 0.174. The van der Waals surface area contributed by atoms with E-state index in [2.05, 4.69) is 0 Å². The van der Waals surface area contributed by atoms with Crippen LogP contribution < -0.4 is 15.2 Å². The number of benzene rings is 1. The summed E-state index contributed by atoms with van der Waals surface area (Å²) in [5, 5.41) is 0. The van der Waals surface area contributed by atoms with E-state index in [0.717, 1.165) is 5.56 Å². The summed E-state index contributed by atoms with van der Waals surface area (Å²) in [7, 11) is 0. The minimum absolute atomic E-state index is 0.212. The van der Waals surface area contributed by atoms with E-state index >= 15 is 0 Å². The van der Waals surface area contributed by atoms with Gasteiger partial charge in [0.25, 0.3) is 0 Å². The zero-order chi connectivity index (χ0) is 11.8. The quantitative estimate of drug-likeness (QED) is 0.750. The van der Waals surface area contributed by atoms with Gasteiger partial charge in [-0.1, -0.05) is 6.07 Å². The molecule has 0 radical (unpaired) electrons. The third kappa shape index (κ3) is 1.75. The molecule has 0 spiro atoms. The first-order valence-corrected chi connectivity index (χ1v) is 4.11. The molecule has 1 aromatic rings. The molecule has 2 N–H and O–H groups in total. The molecule has 0 fully saturated rings. The van der Waals surface area contributed by atoms with Crippen LogP contribution in [-0.4, -0.2) is 12.8 Å². The number of rotatable bonds is 2. The summed E-state index contributed by atoms with van der Waals surface area (Å²) < 4.78 is 31.9. The first kappa shape index (κ1) is 5.50. The Morgan fingerprint density at radius 3 is 3.23 bits per heavy atom. The van der Waals surface area contributed by atoms with Crippen LogP contribution in [0.15, 0.2) is 18.2 Å². The second kappa shape index (κ2) is 3.26. The van der Waals surface area contributed by atoms with Crippen LogP contribution in [0.2, 0.25) is 0 Å². The van der Waals surface area contributed by atoms with Gasteiger partial charge in [-0.3, -0.25) is 0 Å². The minimum Gasteiger partial charge on any atom is -0.454 e. The lowest BCUT2D eigenvalue weighted by Gasteiger charge is -2.05. The van der Waals surface area contributed by atoms with Crippen molar-refractivity contribution in [3.8, 4) is 11.5 Å². The van der Waals surface area contributed by atoms with E-state index in [1.165, 1.54) is 0 Å². The highest BCUT2D eigenvalue weighted by Gasteiger charge is 2.13. The Hall–Kier alpha value is -1.22. The van der Waals surface area contributed by atoms with Crippen LogP contribution in [0.5, 0.6) is 11.5 Å². The lowest BCUT2D eigenvalue weighted by Crippen LogP contribution is -2.17. The van der Waals surface area contributed by atoms with Gasteiger partial charge in [-0.2, -0.15) is 0 Å². The summed E-state index contributed by atoms with van der Waals surface area (Å²) in [5.41, 5.74) is 6.43. The molecule has 0 saturated carbocycles. The monoisotopic (exact) mass is 182 g/mol. The van der Waals surface area contributed by atoms with Gasteiger partial charge in [-0.15, -0.1) is 0 Å². The number of hydrogen-bond acceptors (Lipinski definition) is 3. The average molecular weight is 182 g/mol. The topological polar surface area (TPSA) is 44.5 Å². The lowest BCUT2D eigenvalue weighted by atomic mass is 10.1. The van der Waals surface area contributed by atoms with Gasteiger partial charge < -0.3 is 15.2 Å². The van der Waals surface area contributed by atoms with E-state index in [9.17, 15) is 0 Å². The van der Waals surface area contributed by atoms with Crippen LogP contribution in [0.1, 0.15) is 16.5 Å². The van der Waals surface area contributed by atoms with E-state index in [0.29, 0.717) is 17.9 Å². The van der Waals surface area contributed by atoms with Gasteiger partial charge in [0.1, 0.15) is 0 Å². The molecule has 0 aromatic heterocycles. The standard InChI is InChI=1S/C10H13NO2/c1-7(11)4-8-2-3-9-10(5-8)13-6-12-9/h2-3,5,7H,4,6,11H2,1H3/i1D3. The predicted molar refractivity (Wildman–Crippen MR) is 49.9 cm³/mol. The fourth-order valence-electron chi connectivity index (χ4n) is 1.32. The van der Waals surface area contributed by atoms with Crippen LogP contribution in [0.25, 0.3) is 0 Å². The van der Waals surface area contributed by atoms with Gasteiger partial charge in [-0.25, -0.2) is 0 Å². The smallest absolute Gasteiger partial charge is 0.231 e. The zero-order valence-electron chi connectivity index (χ0n) is 10.1. The Balaban J connectivity index is 2.11. The largest absolute Gasteiger partial charge is 0.454 e. The summed E-state index contributed by atoms with van der Waals surface area (Å²) in [6.45, 7) is -1.92. The molecular weight excluding hydrogens is 166 g/mol. The third-order valence-corrected chi connectivity index (χ3v) is 1.89. The van der Waals surface area contributed by atoms with Gasteiger partial charge in [-0.05, 0) is 31.0 Å². The van der Waals surface area contributed by atoms with Crippen molar-refractivity contribution in [2.45, 2.75) is 19.3 Å². The molecule has 3 heteroatoms. The second-order valence-electron chi connectivity index (χ2n) is 3.00. The fourth-order valence-corrected chi connectivity index (χ4v) is 1.32. The Morgan fingerprint density at radius 1 is 1.54 bits per heavy atom. The maximum atomic E-state index is 7.19. The summed E-state index contributed by atoms with van der Waals surface area (Å²) in [6.07, 6.45) is 0.299. The van der Waals surface area contributed by atoms with Gasteiger partial charge in [0, 0.05) is 10.2 Å². The van der Waals surface area contributed by atoms with Crippen LogP contribution in [0.3, 0.4) is 0 Å². The highest BCUT2D eigenvalue weighted by atomic mass is 16.7. The van der Waals surface area contributed by atoms with Crippen LogP contribution in [-0.2, 0) is 6.42 Å². The molecule has 0 bridgehead atoms. The average Bonchev–Trinajstić information content (AvgIpc) is 2.63. The molecule has 1 atom stereocenters. The minimum atomic E-state index is -2.13. The maximum absolute atomic E-state index is 7.19. The van der Waals surface area contributed by atoms with Gasteiger partial charge in [0.05, 0.1) is 0 Å². The molecule has 1 unspecified atom stereocenters. The van der Waals surface area contributed by atoms with Crippen molar-refractivity contribution in [3.63, 3.8) is 0 Å². The first-order chi connectivity index (χ1) is 7.47. The molecule has 2 rings (SSSR count). The predicted octanol–water partition coefficient (Wildman–Crippen LogP) is 1.31. The van der Waals surface area contributed by atoms with E-state index in [1.807, 2.05) is 0 Å². The molecule has 70 valence electrons. The number of fused-ring (bicyclic) bond motifs is 1. The van der Waals surface area contributed by atoms with Crippen LogP contribution in [0, 0.1) is 0 Å². The van der Waals surface area contributed by atoms with Crippen molar-refractivity contribution >= 4 is 0 Å². The van der Waals surface area contributed by atoms with Crippen molar-refractivity contribution in [3.05, 3.63) is 23.8 Å². The van der Waals surface area contributed by atoms with Gasteiger partial charge in [0.15, 0.2) is 11.5 Å². The second-order valence-corrected chi connectivity index (χ2v) is 3.00. The summed E-state index contributed by atoms with van der Waals surface area (Å²) >= 11 is 0. The van der Waals surface area contributed by atoms with Crippen molar-refractivity contribution in [2.75, 3.05) is 6.79 Å². The van der Waals surface area contributed by atoms with Gasteiger partial charge >= 0.3 is 0 Å². The third-order valence-electron chi connectivity index (χ3n) is 1.89. The van der Waals surface area contributed by atoms with Crippen molar-refractivity contribution in [2.24, 2.45) is 5.73 Å². The van der Waals surface area contributed by atoms with E-state index in [-0.39, 0.29) is 6.79 Å². The Morgan fingerprint density at radius 2 is 2.38 bits per heavy atom. The van der Waals surface area contributed by atoms with E-state index in [4.69, 9.17) is 19.3 Å². The first-order valence-electron chi connectivity index (χ1n) is 5.61. The maximum Gasteiger partial charge on any atom is 0.231 e. The van der Waals surface area contributed by atoms with Crippen molar-refractivity contribution < 1.29 is 13.6 Å². The molecule has 1 aliphatic rings. The van der Waals surface area contributed by atoms with Crippen molar-refractivity contribution in [1.29, 1.82) is 0 Å². The number of ether oxygens (including phenoxy) is 2. The Kier molecular flexibility index (Phi) is 1.38. The van der Waals surface area contributed by atoms with Crippen LogP contribution >= 0.6 is 0 Å². The number of hydrogen-bond donors (Lipinski definition) is 1. The zero-order valence-corrected chi connectivity index (χ0v) is 7.12. The fraction of sp³-hybridized carbons (Fsp3) is 0.400. The summed E-state index contributed by atoms with van der Waals surface area (Å²) in [4.78, 5) is 0. The number of nitrogens with two attached hydrogens (primary N) is 1. The Labute approximate surface area is 81.7 Å². The highest BCUT2D eigenvalue weighted by molar-refractivity contribution is 5.44. The molecule has 13 heavy (non-hydrogen) atoms. The molecular formula is C10H13NO2. The molecule has 0 saturated heterocycles. The SMILES string of the molecule is [2H]C([2H])([2H])C(N)Cc1ccc2c(c1)OCO2. The summed E-state index contributed by atoms with van der Waals surface area (Å²) in [5.74, 6) is 1.33.